The van der Waals surface area contributed by atoms with Gasteiger partial charge >= 0.3 is 0 Å². The van der Waals surface area contributed by atoms with E-state index in [0.29, 0.717) is 19.4 Å². The highest BCUT2D eigenvalue weighted by Crippen LogP contribution is 2.29. The van der Waals surface area contributed by atoms with Crippen molar-refractivity contribution < 1.29 is 19.9 Å². The number of benzene rings is 1. The Labute approximate surface area is 146 Å². The Morgan fingerprint density at radius 1 is 0.833 bits per heavy atom. The standard InChI is InChI=1S/C20H32O4/c21-23-20(16-10-5-3-1-2-4-6-11-17-20)24-22-18-12-15-19-13-8-7-9-14-19/h7-9,13-14,21H,1-6,10-12,15-18H2. The van der Waals surface area contributed by atoms with E-state index in [0.717, 1.165) is 38.5 Å². The Morgan fingerprint density at radius 3 is 2.00 bits per heavy atom. The van der Waals surface area contributed by atoms with Gasteiger partial charge in [0.05, 0.1) is 6.61 Å². The van der Waals surface area contributed by atoms with Gasteiger partial charge in [-0.05, 0) is 31.2 Å². The molecule has 2 rings (SSSR count). The molecular formula is C20H32O4. The first-order valence-electron chi connectivity index (χ1n) is 9.52. The molecule has 0 unspecified atom stereocenters. The number of aryl methyl sites for hydroxylation is 1. The maximum absolute atomic E-state index is 9.42. The molecule has 4 heteroatoms. The molecule has 0 heterocycles. The molecule has 1 aromatic rings. The molecular weight excluding hydrogens is 304 g/mol. The molecule has 0 aromatic heterocycles. The third-order valence-electron chi connectivity index (χ3n) is 4.78. The van der Waals surface area contributed by atoms with E-state index in [-0.39, 0.29) is 0 Å². The number of rotatable bonds is 7. The zero-order valence-corrected chi connectivity index (χ0v) is 14.8. The Kier molecular flexibility index (Phi) is 9.36. The summed E-state index contributed by atoms with van der Waals surface area (Å²) in [6.07, 6.45) is 12.6. The first-order chi connectivity index (χ1) is 11.8. The molecule has 4 nitrogen and oxygen atoms in total. The minimum Gasteiger partial charge on any atom is -0.249 e. The monoisotopic (exact) mass is 336 g/mol. The van der Waals surface area contributed by atoms with Gasteiger partial charge in [-0.1, -0.05) is 68.9 Å². The van der Waals surface area contributed by atoms with Crippen LogP contribution in [0.4, 0.5) is 0 Å². The average Bonchev–Trinajstić information content (AvgIpc) is 2.68. The Balaban J connectivity index is 1.72. The molecule has 1 saturated carbocycles. The second-order valence-electron chi connectivity index (χ2n) is 6.82. The molecule has 136 valence electrons. The van der Waals surface area contributed by atoms with E-state index in [1.807, 2.05) is 18.2 Å². The lowest BCUT2D eigenvalue weighted by Gasteiger charge is -2.28. The van der Waals surface area contributed by atoms with Crippen molar-refractivity contribution in [3.05, 3.63) is 35.9 Å². The molecule has 1 aliphatic rings. The normalized spacial score (nSPS) is 19.5. The zero-order valence-electron chi connectivity index (χ0n) is 14.8. The van der Waals surface area contributed by atoms with E-state index in [2.05, 4.69) is 12.1 Å². The largest absolute Gasteiger partial charge is 0.249 e. The minimum absolute atomic E-state index is 0.500. The Bertz CT molecular complexity index is 409. The van der Waals surface area contributed by atoms with Gasteiger partial charge in [-0.15, -0.1) is 0 Å². The van der Waals surface area contributed by atoms with Crippen LogP contribution < -0.4 is 0 Å². The maximum atomic E-state index is 9.42. The van der Waals surface area contributed by atoms with Gasteiger partial charge in [-0.25, -0.2) is 15.0 Å². The van der Waals surface area contributed by atoms with Crippen molar-refractivity contribution in [1.82, 2.24) is 0 Å². The SMILES string of the molecule is OOC1(OOCCCc2ccccc2)CCCCCCCCCC1. The summed E-state index contributed by atoms with van der Waals surface area (Å²) < 4.78 is 0. The third kappa shape index (κ3) is 7.31. The third-order valence-corrected chi connectivity index (χ3v) is 4.78. The summed E-state index contributed by atoms with van der Waals surface area (Å²) in [5, 5.41) is 9.42. The quantitative estimate of drug-likeness (QED) is 0.302. The molecule has 1 aliphatic carbocycles. The number of hydrogen-bond acceptors (Lipinski definition) is 4. The summed E-state index contributed by atoms with van der Waals surface area (Å²) in [6, 6.07) is 10.3. The van der Waals surface area contributed by atoms with Gasteiger partial charge < -0.3 is 0 Å². The summed E-state index contributed by atoms with van der Waals surface area (Å²) >= 11 is 0. The van der Waals surface area contributed by atoms with Crippen LogP contribution >= 0.6 is 0 Å². The van der Waals surface area contributed by atoms with Gasteiger partial charge in [-0.3, -0.25) is 0 Å². The van der Waals surface area contributed by atoms with Gasteiger partial charge in [0.15, 0.2) is 0 Å². The maximum Gasteiger partial charge on any atom is 0.233 e. The van der Waals surface area contributed by atoms with Crippen LogP contribution in [0.3, 0.4) is 0 Å². The average molecular weight is 336 g/mol. The molecule has 0 spiro atoms. The van der Waals surface area contributed by atoms with E-state index in [1.54, 1.807) is 0 Å². The number of hydrogen-bond donors (Lipinski definition) is 1. The van der Waals surface area contributed by atoms with Gasteiger partial charge in [0.25, 0.3) is 0 Å². The molecule has 1 fully saturated rings. The second kappa shape index (κ2) is 11.6. The van der Waals surface area contributed by atoms with Crippen LogP contribution in [0.2, 0.25) is 0 Å². The van der Waals surface area contributed by atoms with Crippen LogP contribution in [-0.4, -0.2) is 17.7 Å². The van der Waals surface area contributed by atoms with E-state index < -0.39 is 5.79 Å². The van der Waals surface area contributed by atoms with Crippen molar-refractivity contribution in [2.24, 2.45) is 0 Å². The van der Waals surface area contributed by atoms with Gasteiger partial charge in [0.1, 0.15) is 0 Å². The lowest BCUT2D eigenvalue weighted by molar-refractivity contribution is -0.503. The lowest BCUT2D eigenvalue weighted by atomic mass is 10.0. The second-order valence-corrected chi connectivity index (χ2v) is 6.82. The highest BCUT2D eigenvalue weighted by molar-refractivity contribution is 5.14. The van der Waals surface area contributed by atoms with Crippen molar-refractivity contribution in [1.29, 1.82) is 0 Å². The van der Waals surface area contributed by atoms with Gasteiger partial charge in [0, 0.05) is 12.8 Å². The first kappa shape index (κ1) is 19.4. The Morgan fingerprint density at radius 2 is 1.42 bits per heavy atom. The fourth-order valence-electron chi connectivity index (χ4n) is 3.29. The highest BCUT2D eigenvalue weighted by Gasteiger charge is 2.34. The predicted octanol–water partition coefficient (Wildman–Crippen LogP) is 5.67. The first-order valence-corrected chi connectivity index (χ1v) is 9.52. The molecule has 24 heavy (non-hydrogen) atoms. The summed E-state index contributed by atoms with van der Waals surface area (Å²) in [5.41, 5.74) is 1.30. The fraction of sp³-hybridized carbons (Fsp3) is 0.700. The lowest BCUT2D eigenvalue weighted by Crippen LogP contribution is -2.35. The van der Waals surface area contributed by atoms with Crippen LogP contribution in [0.25, 0.3) is 0 Å². The van der Waals surface area contributed by atoms with Crippen LogP contribution in [0.15, 0.2) is 30.3 Å². The fourth-order valence-corrected chi connectivity index (χ4v) is 3.29. The van der Waals surface area contributed by atoms with Crippen LogP contribution in [0.1, 0.15) is 76.2 Å². The summed E-state index contributed by atoms with van der Waals surface area (Å²) in [7, 11) is 0. The predicted molar refractivity (Wildman–Crippen MR) is 94.4 cm³/mol. The molecule has 0 aliphatic heterocycles. The summed E-state index contributed by atoms with van der Waals surface area (Å²) in [6.45, 7) is 0.500. The molecule has 0 saturated heterocycles. The molecule has 1 N–H and O–H groups in total. The van der Waals surface area contributed by atoms with Crippen molar-refractivity contribution in [3.63, 3.8) is 0 Å². The van der Waals surface area contributed by atoms with Crippen molar-refractivity contribution >= 4 is 0 Å². The zero-order chi connectivity index (χ0) is 16.9. The highest BCUT2D eigenvalue weighted by atomic mass is 17.3. The molecule has 0 amide bonds. The van der Waals surface area contributed by atoms with Crippen LogP contribution in [0, 0.1) is 0 Å². The summed E-state index contributed by atoms with van der Waals surface area (Å²) in [5.74, 6) is -0.989. The molecule has 0 atom stereocenters. The Hall–Kier alpha value is -0.940. The van der Waals surface area contributed by atoms with E-state index in [4.69, 9.17) is 14.7 Å². The molecule has 0 bridgehead atoms. The van der Waals surface area contributed by atoms with Crippen molar-refractivity contribution in [2.75, 3.05) is 6.61 Å². The molecule has 1 aromatic carbocycles. The van der Waals surface area contributed by atoms with Crippen LogP contribution in [-0.2, 0) is 21.1 Å². The van der Waals surface area contributed by atoms with E-state index in [9.17, 15) is 5.26 Å². The van der Waals surface area contributed by atoms with E-state index in [1.165, 1.54) is 31.2 Å². The summed E-state index contributed by atoms with van der Waals surface area (Å²) in [4.78, 5) is 15.7. The smallest absolute Gasteiger partial charge is 0.233 e. The van der Waals surface area contributed by atoms with Crippen molar-refractivity contribution in [2.45, 2.75) is 82.8 Å². The molecule has 0 radical (unpaired) electrons. The van der Waals surface area contributed by atoms with Gasteiger partial charge in [-0.2, -0.15) is 4.89 Å². The van der Waals surface area contributed by atoms with E-state index >= 15 is 0 Å². The van der Waals surface area contributed by atoms with Crippen molar-refractivity contribution in [3.8, 4) is 0 Å². The van der Waals surface area contributed by atoms with Gasteiger partial charge in [0.2, 0.25) is 5.79 Å². The minimum atomic E-state index is -0.989. The topological polar surface area (TPSA) is 47.9 Å². The van der Waals surface area contributed by atoms with Crippen LogP contribution in [0.5, 0.6) is 0 Å².